The van der Waals surface area contributed by atoms with Crippen LogP contribution in [0.1, 0.15) is 17.2 Å². The molecule has 0 saturated heterocycles. The van der Waals surface area contributed by atoms with Crippen molar-refractivity contribution in [3.63, 3.8) is 0 Å². The van der Waals surface area contributed by atoms with Crippen molar-refractivity contribution < 1.29 is 14.6 Å². The maximum atomic E-state index is 11.5. The number of aliphatic hydroxyl groups is 1. The summed E-state index contributed by atoms with van der Waals surface area (Å²) in [6, 6.07) is 7.03. The average molecular weight is 325 g/mol. The van der Waals surface area contributed by atoms with Crippen LogP contribution in [0.5, 0.6) is 0 Å². The normalized spacial score (nSPS) is 21.9. The maximum Gasteiger partial charge on any atom is 0.407 e. The highest BCUT2D eigenvalue weighted by Gasteiger charge is 2.32. The van der Waals surface area contributed by atoms with E-state index in [0.29, 0.717) is 6.42 Å². The molecule has 104 valence electrons. The van der Waals surface area contributed by atoms with Gasteiger partial charge in [0.05, 0.1) is 12.1 Å². The molecule has 19 heavy (non-hydrogen) atoms. The second-order valence-electron chi connectivity index (χ2n) is 4.29. The first-order valence-electron chi connectivity index (χ1n) is 5.63. The van der Waals surface area contributed by atoms with Crippen LogP contribution < -0.4 is 5.32 Å². The summed E-state index contributed by atoms with van der Waals surface area (Å²) in [5.74, 6) is 0. The van der Waals surface area contributed by atoms with E-state index < -0.39 is 22.0 Å². The summed E-state index contributed by atoms with van der Waals surface area (Å²) in [6.45, 7) is -0.348. The standard InChI is InChI=1S/C12H12Cl3NO3/c13-12(14,15)6-19-11(18)16-9-5-7-3-1-2-4-8(7)10(9)17/h1-4,9-10,17H,5-6H2,(H,16,18)/t9-,10+/m0/s1. The van der Waals surface area contributed by atoms with E-state index in [-0.39, 0.29) is 6.61 Å². The zero-order chi connectivity index (χ0) is 14.0. The number of alkyl carbamates (subject to hydrolysis) is 1. The Hall–Kier alpha value is -0.680. The molecule has 2 N–H and O–H groups in total. The number of rotatable bonds is 2. The lowest BCUT2D eigenvalue weighted by molar-refractivity contribution is 0.114. The number of fused-ring (bicyclic) bond motifs is 1. The maximum absolute atomic E-state index is 11.5. The molecule has 4 nitrogen and oxygen atoms in total. The topological polar surface area (TPSA) is 58.6 Å². The van der Waals surface area contributed by atoms with E-state index in [0.717, 1.165) is 11.1 Å². The van der Waals surface area contributed by atoms with E-state index in [9.17, 15) is 9.90 Å². The molecule has 0 bridgehead atoms. The highest BCUT2D eigenvalue weighted by atomic mass is 35.6. The first-order chi connectivity index (χ1) is 8.87. The number of aliphatic hydroxyl groups excluding tert-OH is 1. The summed E-state index contributed by atoms with van der Waals surface area (Å²) in [5.41, 5.74) is 1.82. The number of amides is 1. The molecular formula is C12H12Cl3NO3. The highest BCUT2D eigenvalue weighted by molar-refractivity contribution is 6.67. The van der Waals surface area contributed by atoms with Crippen LogP contribution in [0.25, 0.3) is 0 Å². The Kier molecular flexibility index (Phi) is 4.46. The fourth-order valence-electron chi connectivity index (χ4n) is 2.04. The van der Waals surface area contributed by atoms with Gasteiger partial charge in [-0.25, -0.2) is 4.79 Å². The molecule has 2 rings (SSSR count). The third-order valence-electron chi connectivity index (χ3n) is 2.86. The van der Waals surface area contributed by atoms with Gasteiger partial charge in [-0.05, 0) is 17.5 Å². The lowest BCUT2D eigenvalue weighted by Crippen LogP contribution is -2.39. The third-order valence-corrected chi connectivity index (χ3v) is 3.19. The predicted octanol–water partition coefficient (Wildman–Crippen LogP) is 2.74. The lowest BCUT2D eigenvalue weighted by Gasteiger charge is -2.18. The fourth-order valence-corrected chi connectivity index (χ4v) is 2.21. The van der Waals surface area contributed by atoms with Crippen LogP contribution >= 0.6 is 34.8 Å². The van der Waals surface area contributed by atoms with Crippen molar-refractivity contribution in [2.24, 2.45) is 0 Å². The number of hydrogen-bond donors (Lipinski definition) is 2. The minimum absolute atomic E-state index is 0.348. The van der Waals surface area contributed by atoms with Crippen molar-refractivity contribution in [3.8, 4) is 0 Å². The van der Waals surface area contributed by atoms with E-state index in [2.05, 4.69) is 5.32 Å². The van der Waals surface area contributed by atoms with Crippen molar-refractivity contribution in [3.05, 3.63) is 35.4 Å². The molecule has 0 fully saturated rings. The van der Waals surface area contributed by atoms with Gasteiger partial charge in [-0.2, -0.15) is 0 Å². The number of halogens is 3. The van der Waals surface area contributed by atoms with Gasteiger partial charge >= 0.3 is 6.09 Å². The monoisotopic (exact) mass is 323 g/mol. The van der Waals surface area contributed by atoms with E-state index in [1.165, 1.54) is 0 Å². The molecule has 0 heterocycles. The van der Waals surface area contributed by atoms with Crippen molar-refractivity contribution in [1.82, 2.24) is 5.32 Å². The van der Waals surface area contributed by atoms with E-state index in [1.807, 2.05) is 24.3 Å². The van der Waals surface area contributed by atoms with Gasteiger partial charge < -0.3 is 15.2 Å². The molecule has 1 amide bonds. The molecule has 1 aromatic rings. The van der Waals surface area contributed by atoms with Crippen molar-refractivity contribution in [1.29, 1.82) is 0 Å². The zero-order valence-electron chi connectivity index (χ0n) is 9.78. The van der Waals surface area contributed by atoms with Gasteiger partial charge in [0, 0.05) is 0 Å². The average Bonchev–Trinajstić information content (AvgIpc) is 2.64. The number of ether oxygens (including phenoxy) is 1. The summed E-state index contributed by atoms with van der Waals surface area (Å²) in [4.78, 5) is 11.5. The highest BCUT2D eigenvalue weighted by Crippen LogP contribution is 2.31. The zero-order valence-corrected chi connectivity index (χ0v) is 12.0. The Balaban J connectivity index is 1.90. The van der Waals surface area contributed by atoms with Crippen molar-refractivity contribution in [2.75, 3.05) is 6.61 Å². The first-order valence-corrected chi connectivity index (χ1v) is 6.76. The van der Waals surface area contributed by atoms with Gasteiger partial charge in [-0.1, -0.05) is 59.1 Å². The van der Waals surface area contributed by atoms with Gasteiger partial charge in [0.2, 0.25) is 3.79 Å². The summed E-state index contributed by atoms with van der Waals surface area (Å²) in [6.07, 6.45) is -0.931. The minimum atomic E-state index is -1.64. The fraction of sp³-hybridized carbons (Fsp3) is 0.417. The predicted molar refractivity (Wildman–Crippen MR) is 73.7 cm³/mol. The van der Waals surface area contributed by atoms with Crippen LogP contribution in [0, 0.1) is 0 Å². The summed E-state index contributed by atoms with van der Waals surface area (Å²) in [7, 11) is 0. The third kappa shape index (κ3) is 3.89. The number of alkyl halides is 3. The van der Waals surface area contributed by atoms with E-state index in [1.54, 1.807) is 0 Å². The Morgan fingerprint density at radius 3 is 2.74 bits per heavy atom. The van der Waals surface area contributed by atoms with Gasteiger partial charge in [0.1, 0.15) is 6.61 Å². The van der Waals surface area contributed by atoms with Crippen molar-refractivity contribution in [2.45, 2.75) is 22.4 Å². The van der Waals surface area contributed by atoms with Gasteiger partial charge in [0.15, 0.2) is 0 Å². The molecule has 0 spiro atoms. The van der Waals surface area contributed by atoms with Crippen molar-refractivity contribution >= 4 is 40.9 Å². The summed E-state index contributed by atoms with van der Waals surface area (Å²) < 4.78 is 3.11. The lowest BCUT2D eigenvalue weighted by atomic mass is 10.1. The summed E-state index contributed by atoms with van der Waals surface area (Å²) in [5, 5.41) is 12.6. The molecule has 1 aliphatic rings. The van der Waals surface area contributed by atoms with Crippen LogP contribution in [0.4, 0.5) is 4.79 Å². The molecule has 0 aromatic heterocycles. The van der Waals surface area contributed by atoms with E-state index >= 15 is 0 Å². The molecular weight excluding hydrogens is 312 g/mol. The molecule has 0 unspecified atom stereocenters. The summed E-state index contributed by atoms with van der Waals surface area (Å²) >= 11 is 16.4. The van der Waals surface area contributed by atoms with Crippen LogP contribution in [0.15, 0.2) is 24.3 Å². The molecule has 7 heteroatoms. The molecule has 1 aliphatic carbocycles. The minimum Gasteiger partial charge on any atom is -0.445 e. The largest absolute Gasteiger partial charge is 0.445 e. The van der Waals surface area contributed by atoms with E-state index in [4.69, 9.17) is 39.5 Å². The molecule has 0 saturated carbocycles. The van der Waals surface area contributed by atoms with Gasteiger partial charge in [-0.3, -0.25) is 0 Å². The number of benzene rings is 1. The second kappa shape index (κ2) is 5.75. The van der Waals surface area contributed by atoms with Gasteiger partial charge in [-0.15, -0.1) is 0 Å². The number of carbonyl (C=O) groups excluding carboxylic acids is 1. The molecule has 1 aromatic carbocycles. The number of hydrogen-bond acceptors (Lipinski definition) is 3. The smallest absolute Gasteiger partial charge is 0.407 e. The van der Waals surface area contributed by atoms with Gasteiger partial charge in [0.25, 0.3) is 0 Å². The molecule has 0 aliphatic heterocycles. The quantitative estimate of drug-likeness (QED) is 0.822. The first kappa shape index (κ1) is 14.7. The van der Waals surface area contributed by atoms with Crippen LogP contribution in [0.2, 0.25) is 0 Å². The molecule has 2 atom stereocenters. The van der Waals surface area contributed by atoms with Crippen LogP contribution in [-0.4, -0.2) is 27.6 Å². The Morgan fingerprint density at radius 2 is 2.11 bits per heavy atom. The Bertz CT molecular complexity index is 476. The number of carbonyl (C=O) groups is 1. The van der Waals surface area contributed by atoms with Crippen LogP contribution in [-0.2, 0) is 11.2 Å². The van der Waals surface area contributed by atoms with Crippen LogP contribution in [0.3, 0.4) is 0 Å². The Labute approximate surface area is 125 Å². The number of nitrogens with one attached hydrogen (secondary N) is 1. The second-order valence-corrected chi connectivity index (χ2v) is 6.81. The SMILES string of the molecule is O=C(N[C@H]1Cc2ccccc2[C@H]1O)OCC(Cl)(Cl)Cl. The Morgan fingerprint density at radius 1 is 1.42 bits per heavy atom. The molecule has 0 radical (unpaired) electrons.